The molecule has 2 heterocycles. The van der Waals surface area contributed by atoms with Crippen LogP contribution in [-0.2, 0) is 16.0 Å². The van der Waals surface area contributed by atoms with Crippen LogP contribution < -0.4 is 9.47 Å². The standard InChI is InChI=1S/C31H32N2O5/c1-20-17-23-18-22(13-14-26(23)37-20)29(34)27-28(33(31(36)30(27)35)16-8-15-32(2)3)21-9-7-12-25(19-21)38-24-10-5-4-6-11-24/h4-7,9-14,18-20,28,34H,8,15-17H2,1-3H3/t20-,28-/m1/s1. The van der Waals surface area contributed by atoms with Crippen LogP contribution in [0, 0.1) is 0 Å². The number of ether oxygens (including phenoxy) is 2. The number of Topliss-reactive ketones (excluding diaryl/α,β-unsaturated/α-hetero) is 1. The van der Waals surface area contributed by atoms with E-state index in [0.29, 0.717) is 35.6 Å². The van der Waals surface area contributed by atoms with Gasteiger partial charge in [0.2, 0.25) is 0 Å². The van der Waals surface area contributed by atoms with E-state index in [4.69, 9.17) is 9.47 Å². The third kappa shape index (κ3) is 5.15. The van der Waals surface area contributed by atoms with Crippen molar-refractivity contribution in [3.05, 3.63) is 95.1 Å². The van der Waals surface area contributed by atoms with E-state index < -0.39 is 17.7 Å². The van der Waals surface area contributed by atoms with Gasteiger partial charge in [-0.15, -0.1) is 0 Å². The van der Waals surface area contributed by atoms with E-state index in [1.165, 1.54) is 0 Å². The molecule has 0 aliphatic carbocycles. The van der Waals surface area contributed by atoms with Gasteiger partial charge in [-0.3, -0.25) is 9.59 Å². The van der Waals surface area contributed by atoms with Crippen molar-refractivity contribution < 1.29 is 24.2 Å². The summed E-state index contributed by atoms with van der Waals surface area (Å²) in [6.45, 7) is 3.13. The monoisotopic (exact) mass is 512 g/mol. The maximum Gasteiger partial charge on any atom is 0.295 e. The van der Waals surface area contributed by atoms with Gasteiger partial charge in [0.15, 0.2) is 0 Å². The molecule has 0 aromatic heterocycles. The smallest absolute Gasteiger partial charge is 0.295 e. The first kappa shape index (κ1) is 25.5. The van der Waals surface area contributed by atoms with Gasteiger partial charge in [0.1, 0.15) is 29.1 Å². The molecule has 3 aromatic rings. The highest BCUT2D eigenvalue weighted by molar-refractivity contribution is 6.46. The Morgan fingerprint density at radius 3 is 2.55 bits per heavy atom. The van der Waals surface area contributed by atoms with Crippen molar-refractivity contribution in [2.24, 2.45) is 0 Å². The Balaban J connectivity index is 1.56. The van der Waals surface area contributed by atoms with E-state index in [1.807, 2.05) is 92.6 Å². The lowest BCUT2D eigenvalue weighted by atomic mass is 9.94. The number of hydrogen-bond donors (Lipinski definition) is 1. The summed E-state index contributed by atoms with van der Waals surface area (Å²) in [6.07, 6.45) is 1.46. The maximum absolute atomic E-state index is 13.4. The summed E-state index contributed by atoms with van der Waals surface area (Å²) in [5.74, 6) is 0.566. The number of hydrogen-bond acceptors (Lipinski definition) is 6. The molecule has 2 aliphatic heterocycles. The quantitative estimate of drug-likeness (QED) is 0.255. The fraction of sp³-hybridized carbons (Fsp3) is 0.290. The second-order valence-corrected chi connectivity index (χ2v) is 10.1. The van der Waals surface area contributed by atoms with Crippen molar-refractivity contribution >= 4 is 17.4 Å². The SMILES string of the molecule is C[C@@H]1Cc2cc(C(O)=C3C(=O)C(=O)N(CCCN(C)C)[C@@H]3c3cccc(Oc4ccccc4)c3)ccc2O1. The van der Waals surface area contributed by atoms with Crippen LogP contribution in [-0.4, -0.2) is 59.9 Å². The summed E-state index contributed by atoms with van der Waals surface area (Å²) in [7, 11) is 3.93. The molecule has 196 valence electrons. The molecule has 1 N–H and O–H groups in total. The zero-order valence-corrected chi connectivity index (χ0v) is 21.9. The Labute approximate surface area is 222 Å². The van der Waals surface area contributed by atoms with Crippen molar-refractivity contribution in [3.8, 4) is 17.2 Å². The van der Waals surface area contributed by atoms with Crippen LogP contribution in [0.25, 0.3) is 5.76 Å². The van der Waals surface area contributed by atoms with Crippen LogP contribution in [0.15, 0.2) is 78.4 Å². The molecule has 1 saturated heterocycles. The minimum absolute atomic E-state index is 0.0528. The summed E-state index contributed by atoms with van der Waals surface area (Å²) in [5.41, 5.74) is 2.25. The van der Waals surface area contributed by atoms with Crippen molar-refractivity contribution in [2.75, 3.05) is 27.2 Å². The Hall–Kier alpha value is -4.10. The van der Waals surface area contributed by atoms with Gasteiger partial charge in [-0.1, -0.05) is 30.3 Å². The predicted molar refractivity (Wildman–Crippen MR) is 145 cm³/mol. The average Bonchev–Trinajstić information content (AvgIpc) is 3.40. The molecule has 2 atom stereocenters. The van der Waals surface area contributed by atoms with Crippen LogP contribution in [0.1, 0.15) is 36.1 Å². The highest BCUT2D eigenvalue weighted by atomic mass is 16.5. The normalized spacial score (nSPS) is 20.1. The minimum atomic E-state index is -0.736. The van der Waals surface area contributed by atoms with Gasteiger partial charge in [0, 0.05) is 18.5 Å². The molecule has 0 saturated carbocycles. The Morgan fingerprint density at radius 2 is 1.79 bits per heavy atom. The molecule has 3 aromatic carbocycles. The number of aliphatic hydroxyl groups is 1. The number of carbonyl (C=O) groups is 2. The zero-order valence-electron chi connectivity index (χ0n) is 21.9. The third-order valence-corrected chi connectivity index (χ3v) is 6.87. The molecular weight excluding hydrogens is 480 g/mol. The summed E-state index contributed by atoms with van der Waals surface area (Å²) in [5, 5.41) is 11.5. The van der Waals surface area contributed by atoms with Gasteiger partial charge in [-0.2, -0.15) is 0 Å². The molecule has 7 heteroatoms. The summed E-state index contributed by atoms with van der Waals surface area (Å²) >= 11 is 0. The molecule has 1 fully saturated rings. The molecule has 38 heavy (non-hydrogen) atoms. The van der Waals surface area contributed by atoms with E-state index in [1.54, 1.807) is 11.0 Å². The Bertz CT molecular complexity index is 1380. The molecule has 0 bridgehead atoms. The summed E-state index contributed by atoms with van der Waals surface area (Å²) < 4.78 is 11.8. The highest BCUT2D eigenvalue weighted by Crippen LogP contribution is 2.41. The van der Waals surface area contributed by atoms with Gasteiger partial charge in [0.05, 0.1) is 11.6 Å². The Morgan fingerprint density at radius 1 is 1.03 bits per heavy atom. The fourth-order valence-corrected chi connectivity index (χ4v) is 5.11. The van der Waals surface area contributed by atoms with Gasteiger partial charge in [-0.05, 0) is 87.6 Å². The summed E-state index contributed by atoms with van der Waals surface area (Å²) in [6, 6.07) is 21.4. The van der Waals surface area contributed by atoms with E-state index >= 15 is 0 Å². The topological polar surface area (TPSA) is 79.3 Å². The number of benzene rings is 3. The molecule has 5 rings (SSSR count). The van der Waals surface area contributed by atoms with Crippen molar-refractivity contribution in [1.82, 2.24) is 9.80 Å². The van der Waals surface area contributed by atoms with Gasteiger partial charge in [-0.25, -0.2) is 0 Å². The lowest BCUT2D eigenvalue weighted by molar-refractivity contribution is -0.139. The lowest BCUT2D eigenvalue weighted by Crippen LogP contribution is -2.32. The molecule has 1 amide bonds. The molecule has 0 radical (unpaired) electrons. The van der Waals surface area contributed by atoms with Crippen molar-refractivity contribution in [1.29, 1.82) is 0 Å². The Kier molecular flexibility index (Phi) is 7.20. The number of nitrogens with zero attached hydrogens (tertiary/aromatic N) is 2. The maximum atomic E-state index is 13.4. The summed E-state index contributed by atoms with van der Waals surface area (Å²) in [4.78, 5) is 30.3. The molecule has 0 unspecified atom stereocenters. The van der Waals surface area contributed by atoms with E-state index in [0.717, 1.165) is 24.3 Å². The van der Waals surface area contributed by atoms with Gasteiger partial charge >= 0.3 is 0 Å². The fourth-order valence-electron chi connectivity index (χ4n) is 5.11. The van der Waals surface area contributed by atoms with Crippen LogP contribution >= 0.6 is 0 Å². The first-order valence-electron chi connectivity index (χ1n) is 12.9. The second kappa shape index (κ2) is 10.7. The van der Waals surface area contributed by atoms with E-state index in [-0.39, 0.29) is 17.4 Å². The number of likely N-dealkylation sites (tertiary alicyclic amines) is 1. The molecule has 7 nitrogen and oxygen atoms in total. The minimum Gasteiger partial charge on any atom is -0.507 e. The van der Waals surface area contributed by atoms with Crippen molar-refractivity contribution in [2.45, 2.75) is 31.9 Å². The lowest BCUT2D eigenvalue weighted by Gasteiger charge is -2.26. The average molecular weight is 513 g/mol. The predicted octanol–water partition coefficient (Wildman–Crippen LogP) is 5.18. The van der Waals surface area contributed by atoms with Crippen LogP contribution in [0.3, 0.4) is 0 Å². The first-order chi connectivity index (χ1) is 18.3. The van der Waals surface area contributed by atoms with Crippen LogP contribution in [0.5, 0.6) is 17.2 Å². The third-order valence-electron chi connectivity index (χ3n) is 6.87. The van der Waals surface area contributed by atoms with Crippen LogP contribution in [0.2, 0.25) is 0 Å². The van der Waals surface area contributed by atoms with E-state index in [2.05, 4.69) is 0 Å². The number of fused-ring (bicyclic) bond motifs is 1. The van der Waals surface area contributed by atoms with Crippen molar-refractivity contribution in [3.63, 3.8) is 0 Å². The molecule has 2 aliphatic rings. The zero-order chi connectivity index (χ0) is 26.8. The second-order valence-electron chi connectivity index (χ2n) is 10.1. The number of para-hydroxylation sites is 1. The number of ketones is 1. The van der Waals surface area contributed by atoms with Crippen LogP contribution in [0.4, 0.5) is 0 Å². The largest absolute Gasteiger partial charge is 0.507 e. The van der Waals surface area contributed by atoms with Gasteiger partial charge in [0.25, 0.3) is 11.7 Å². The number of carbonyl (C=O) groups excluding carboxylic acids is 2. The molecular formula is C31H32N2O5. The van der Waals surface area contributed by atoms with Gasteiger partial charge < -0.3 is 24.4 Å². The number of aliphatic hydroxyl groups excluding tert-OH is 1. The highest BCUT2D eigenvalue weighted by Gasteiger charge is 2.46. The molecule has 0 spiro atoms. The number of amides is 1. The number of rotatable bonds is 8. The first-order valence-corrected chi connectivity index (χ1v) is 12.9. The van der Waals surface area contributed by atoms with E-state index in [9.17, 15) is 14.7 Å².